The zero-order chi connectivity index (χ0) is 14.1. The average Bonchev–Trinajstić information content (AvgIpc) is 3.19. The maximum atomic E-state index is 12.1. The summed E-state index contributed by atoms with van der Waals surface area (Å²) in [6.45, 7) is 2.13. The fourth-order valence-corrected chi connectivity index (χ4v) is 2.08. The maximum absolute atomic E-state index is 12.1. The average molecular weight is 272 g/mol. The van der Waals surface area contributed by atoms with Crippen molar-refractivity contribution in [2.45, 2.75) is 32.2 Å². The second-order valence-electron chi connectivity index (χ2n) is 4.95. The number of nitrogens with one attached hydrogen (secondary N) is 2. The third-order valence-corrected chi connectivity index (χ3v) is 3.30. The van der Waals surface area contributed by atoms with Crippen LogP contribution < -0.4 is 11.1 Å². The number of rotatable bonds is 4. The van der Waals surface area contributed by atoms with Crippen molar-refractivity contribution in [3.8, 4) is 0 Å². The molecule has 7 nitrogen and oxygen atoms in total. The van der Waals surface area contributed by atoms with Crippen LogP contribution in [0.2, 0.25) is 0 Å². The number of aryl methyl sites for hydroxylation is 1. The number of carbonyl (C=O) groups is 1. The molecule has 1 aliphatic rings. The van der Waals surface area contributed by atoms with Gasteiger partial charge in [0.25, 0.3) is 5.91 Å². The van der Waals surface area contributed by atoms with Crippen LogP contribution in [0.5, 0.6) is 0 Å². The van der Waals surface area contributed by atoms with Crippen LogP contribution in [0.25, 0.3) is 0 Å². The van der Waals surface area contributed by atoms with Gasteiger partial charge < -0.3 is 11.1 Å². The molecule has 0 bridgehead atoms. The Balaban J connectivity index is 1.67. The first-order valence-corrected chi connectivity index (χ1v) is 6.55. The van der Waals surface area contributed by atoms with Crippen LogP contribution in [0.3, 0.4) is 0 Å². The van der Waals surface area contributed by atoms with Gasteiger partial charge in [-0.15, -0.1) is 0 Å². The zero-order valence-corrected chi connectivity index (χ0v) is 11.2. The maximum Gasteiger partial charge on any atom is 0.274 e. The molecule has 0 atom stereocenters. The van der Waals surface area contributed by atoms with Crippen molar-refractivity contribution >= 4 is 11.6 Å². The van der Waals surface area contributed by atoms with Crippen molar-refractivity contribution in [3.63, 3.8) is 0 Å². The number of carbonyl (C=O) groups excluding carboxylic acids is 1. The smallest absolute Gasteiger partial charge is 0.274 e. The molecule has 1 amide bonds. The Kier molecular flexibility index (Phi) is 3.09. The van der Waals surface area contributed by atoms with E-state index in [-0.39, 0.29) is 11.6 Å². The number of nitrogen functional groups attached to an aromatic ring is 1. The summed E-state index contributed by atoms with van der Waals surface area (Å²) in [4.78, 5) is 20.3. The predicted octanol–water partition coefficient (Wildman–Crippen LogP) is 0.898. The number of aromatic amines is 1. The third kappa shape index (κ3) is 2.47. The van der Waals surface area contributed by atoms with Crippen LogP contribution in [-0.4, -0.2) is 26.1 Å². The number of nitrogens with two attached hydrogens (primary N) is 1. The lowest BCUT2D eigenvalue weighted by molar-refractivity contribution is 0.0946. The number of nitrogens with zero attached hydrogens (tertiary/aromatic N) is 3. The Morgan fingerprint density at radius 1 is 1.55 bits per heavy atom. The topological polar surface area (TPSA) is 110 Å². The molecule has 104 valence electrons. The SMILES string of the molecule is Cc1nccc(CNC(=O)c2n[nH]c(C3CC3)c2N)n1. The molecule has 2 aromatic rings. The molecule has 2 heterocycles. The number of hydrogen-bond donors (Lipinski definition) is 3. The van der Waals surface area contributed by atoms with E-state index < -0.39 is 0 Å². The van der Waals surface area contributed by atoms with Gasteiger partial charge in [0.05, 0.1) is 23.6 Å². The second kappa shape index (κ2) is 4.92. The molecule has 0 radical (unpaired) electrons. The predicted molar refractivity (Wildman–Crippen MR) is 72.9 cm³/mol. The van der Waals surface area contributed by atoms with E-state index >= 15 is 0 Å². The van der Waals surface area contributed by atoms with Crippen LogP contribution in [0.15, 0.2) is 12.3 Å². The molecule has 2 aromatic heterocycles. The van der Waals surface area contributed by atoms with Crippen molar-refractivity contribution in [3.05, 3.63) is 35.2 Å². The fourth-order valence-electron chi connectivity index (χ4n) is 2.08. The van der Waals surface area contributed by atoms with Crippen LogP contribution in [0.1, 0.15) is 46.5 Å². The lowest BCUT2D eigenvalue weighted by atomic mass is 10.2. The molecule has 1 aliphatic carbocycles. The molecule has 3 rings (SSSR count). The number of amides is 1. The van der Waals surface area contributed by atoms with E-state index in [0.29, 0.717) is 24.0 Å². The molecular formula is C13H16N6O. The Morgan fingerprint density at radius 3 is 3.05 bits per heavy atom. The zero-order valence-electron chi connectivity index (χ0n) is 11.2. The fraction of sp³-hybridized carbons (Fsp3) is 0.385. The van der Waals surface area contributed by atoms with Crippen LogP contribution in [0.4, 0.5) is 5.69 Å². The minimum atomic E-state index is -0.290. The molecule has 0 spiro atoms. The van der Waals surface area contributed by atoms with Crippen molar-refractivity contribution in [2.75, 3.05) is 5.73 Å². The van der Waals surface area contributed by atoms with Gasteiger partial charge in [0.1, 0.15) is 5.82 Å². The number of anilines is 1. The van der Waals surface area contributed by atoms with Crippen LogP contribution >= 0.6 is 0 Å². The van der Waals surface area contributed by atoms with Gasteiger partial charge in [-0.1, -0.05) is 0 Å². The monoisotopic (exact) mass is 272 g/mol. The molecule has 4 N–H and O–H groups in total. The minimum Gasteiger partial charge on any atom is -0.395 e. The highest BCUT2D eigenvalue weighted by Crippen LogP contribution is 2.42. The van der Waals surface area contributed by atoms with Gasteiger partial charge in [0, 0.05) is 12.1 Å². The first-order chi connectivity index (χ1) is 9.65. The van der Waals surface area contributed by atoms with E-state index in [9.17, 15) is 4.79 Å². The summed E-state index contributed by atoms with van der Waals surface area (Å²) in [6, 6.07) is 1.76. The first-order valence-electron chi connectivity index (χ1n) is 6.55. The Morgan fingerprint density at radius 2 is 2.35 bits per heavy atom. The van der Waals surface area contributed by atoms with E-state index in [2.05, 4.69) is 25.5 Å². The lowest BCUT2D eigenvalue weighted by Gasteiger charge is -2.04. The highest BCUT2D eigenvalue weighted by atomic mass is 16.1. The van der Waals surface area contributed by atoms with Crippen molar-refractivity contribution < 1.29 is 4.79 Å². The summed E-state index contributed by atoms with van der Waals surface area (Å²) in [5.41, 5.74) is 8.32. The molecule has 0 unspecified atom stereocenters. The van der Waals surface area contributed by atoms with Crippen LogP contribution in [0, 0.1) is 6.92 Å². The highest BCUT2D eigenvalue weighted by molar-refractivity contribution is 5.97. The standard InChI is InChI=1S/C13H16N6O/c1-7-15-5-4-9(17-7)6-16-13(20)12-10(14)11(18-19-12)8-2-3-8/h4-5,8H,2-3,6,14H2,1H3,(H,16,20)(H,18,19). The van der Waals surface area contributed by atoms with Gasteiger partial charge in [-0.2, -0.15) is 5.10 Å². The lowest BCUT2D eigenvalue weighted by Crippen LogP contribution is -2.24. The minimum absolute atomic E-state index is 0.262. The largest absolute Gasteiger partial charge is 0.395 e. The van der Waals surface area contributed by atoms with Gasteiger partial charge >= 0.3 is 0 Å². The highest BCUT2D eigenvalue weighted by Gasteiger charge is 2.30. The molecule has 7 heteroatoms. The van der Waals surface area contributed by atoms with E-state index in [1.807, 2.05) is 0 Å². The van der Waals surface area contributed by atoms with E-state index in [1.165, 1.54) is 0 Å². The number of H-pyrrole nitrogens is 1. The van der Waals surface area contributed by atoms with E-state index in [0.717, 1.165) is 24.2 Å². The molecule has 20 heavy (non-hydrogen) atoms. The molecule has 1 saturated carbocycles. The summed E-state index contributed by atoms with van der Waals surface area (Å²) in [5.74, 6) is 0.822. The Hall–Kier alpha value is -2.44. The van der Waals surface area contributed by atoms with Gasteiger partial charge in [0.2, 0.25) is 0 Å². The van der Waals surface area contributed by atoms with Crippen LogP contribution in [-0.2, 0) is 6.54 Å². The summed E-state index contributed by atoms with van der Waals surface area (Å²) < 4.78 is 0. The normalized spacial score (nSPS) is 14.2. The number of hydrogen-bond acceptors (Lipinski definition) is 5. The van der Waals surface area contributed by atoms with Gasteiger partial charge in [0.15, 0.2) is 5.69 Å². The molecule has 1 fully saturated rings. The van der Waals surface area contributed by atoms with E-state index in [1.54, 1.807) is 19.2 Å². The number of aromatic nitrogens is 4. The molecule has 0 aliphatic heterocycles. The van der Waals surface area contributed by atoms with Gasteiger partial charge in [-0.05, 0) is 25.8 Å². The Bertz CT molecular complexity index is 646. The summed E-state index contributed by atoms with van der Waals surface area (Å²) in [6.07, 6.45) is 3.87. The van der Waals surface area contributed by atoms with Crippen molar-refractivity contribution in [1.82, 2.24) is 25.5 Å². The van der Waals surface area contributed by atoms with E-state index in [4.69, 9.17) is 5.73 Å². The summed E-state index contributed by atoms with van der Waals surface area (Å²) in [5, 5.41) is 9.64. The molecular weight excluding hydrogens is 256 g/mol. The molecule has 0 saturated heterocycles. The van der Waals surface area contributed by atoms with Crippen molar-refractivity contribution in [1.29, 1.82) is 0 Å². The van der Waals surface area contributed by atoms with Gasteiger partial charge in [-0.3, -0.25) is 9.89 Å². The van der Waals surface area contributed by atoms with Gasteiger partial charge in [-0.25, -0.2) is 9.97 Å². The van der Waals surface area contributed by atoms with Crippen molar-refractivity contribution in [2.24, 2.45) is 0 Å². The molecule has 0 aromatic carbocycles. The first kappa shape index (κ1) is 12.6. The Labute approximate surface area is 116 Å². The second-order valence-corrected chi connectivity index (χ2v) is 4.95. The summed E-state index contributed by atoms with van der Waals surface area (Å²) in [7, 11) is 0. The summed E-state index contributed by atoms with van der Waals surface area (Å²) >= 11 is 0. The quantitative estimate of drug-likeness (QED) is 0.766. The third-order valence-electron chi connectivity index (χ3n) is 3.30.